The van der Waals surface area contributed by atoms with Crippen molar-refractivity contribution in [3.63, 3.8) is 0 Å². The van der Waals surface area contributed by atoms with Gasteiger partial charge >= 0.3 is 5.97 Å². The van der Waals surface area contributed by atoms with E-state index in [1.54, 1.807) is 10.9 Å². The molecule has 2 aliphatic heterocycles. The molecule has 2 aliphatic rings. The topological polar surface area (TPSA) is 114 Å². The van der Waals surface area contributed by atoms with Crippen molar-refractivity contribution in [2.45, 2.75) is 38.4 Å². The Bertz CT molecular complexity index is 1530. The number of rotatable bonds is 7. The molecule has 10 nitrogen and oxygen atoms in total. The van der Waals surface area contributed by atoms with E-state index < -0.39 is 17.8 Å². The zero-order chi connectivity index (χ0) is 28.6. The number of morpholine rings is 1. The second kappa shape index (κ2) is 11.7. The largest absolute Gasteiger partial charge is 0.466 e. The second-order valence-corrected chi connectivity index (χ2v) is 11.0. The number of aromatic nitrogens is 3. The Hall–Kier alpha value is -3.32. The van der Waals surface area contributed by atoms with Crippen molar-refractivity contribution in [2.75, 3.05) is 26.9 Å². The zero-order valence-corrected chi connectivity index (χ0v) is 24.1. The highest BCUT2D eigenvalue weighted by atomic mass is 35.5. The van der Waals surface area contributed by atoms with Crippen molar-refractivity contribution in [3.8, 4) is 0 Å². The summed E-state index contributed by atoms with van der Waals surface area (Å²) >= 11 is 7.87. The van der Waals surface area contributed by atoms with Gasteiger partial charge in [-0.05, 0) is 25.5 Å². The van der Waals surface area contributed by atoms with E-state index in [1.807, 2.05) is 26.3 Å². The number of carbonyl (C=O) groups is 1. The number of ether oxygens (including phenoxy) is 2. The lowest BCUT2D eigenvalue weighted by Gasteiger charge is -2.41. The van der Waals surface area contributed by atoms with E-state index in [0.717, 1.165) is 5.69 Å². The van der Waals surface area contributed by atoms with Gasteiger partial charge in [-0.3, -0.25) is 24.5 Å². The van der Waals surface area contributed by atoms with Crippen LogP contribution in [0.2, 0.25) is 5.02 Å². The molecule has 40 heavy (non-hydrogen) atoms. The van der Waals surface area contributed by atoms with Gasteiger partial charge in [0, 0.05) is 53.2 Å². The monoisotopic (exact) mass is 588 g/mol. The molecule has 0 aliphatic carbocycles. The maximum absolute atomic E-state index is 14.0. The van der Waals surface area contributed by atoms with Gasteiger partial charge in [0.2, 0.25) is 0 Å². The number of thiazole rings is 1. The summed E-state index contributed by atoms with van der Waals surface area (Å²) < 4.78 is 26.8. The summed E-state index contributed by atoms with van der Waals surface area (Å²) in [5.74, 6) is -0.646. The molecule has 2 aromatic heterocycles. The fourth-order valence-corrected chi connectivity index (χ4v) is 6.24. The molecule has 2 N–H and O–H groups in total. The number of carbonyl (C=O) groups excluding carboxylic acids is 1. The lowest BCUT2D eigenvalue weighted by molar-refractivity contribution is -0.136. The number of H-pyrrole nitrogens is 1. The summed E-state index contributed by atoms with van der Waals surface area (Å²) in [5, 5.41) is 8.77. The highest BCUT2D eigenvalue weighted by Crippen LogP contribution is 2.38. The molecule has 0 bridgehead atoms. The lowest BCUT2D eigenvalue weighted by Crippen LogP contribution is -2.50. The smallest absolute Gasteiger partial charge is 0.338 e. The molecule has 4 heterocycles. The molecule has 13 heteroatoms. The summed E-state index contributed by atoms with van der Waals surface area (Å²) in [6, 6.07) is 2.66. The van der Waals surface area contributed by atoms with Gasteiger partial charge in [0.25, 0.3) is 5.56 Å². The Kier molecular flexibility index (Phi) is 8.22. The molecule has 1 aromatic carbocycles. The van der Waals surface area contributed by atoms with Crippen LogP contribution in [0.5, 0.6) is 0 Å². The molecular weight excluding hydrogens is 559 g/mol. The molecule has 2 unspecified atom stereocenters. The van der Waals surface area contributed by atoms with Crippen LogP contribution in [-0.4, -0.2) is 64.4 Å². The van der Waals surface area contributed by atoms with Gasteiger partial charge in [-0.2, -0.15) is 0 Å². The summed E-state index contributed by atoms with van der Waals surface area (Å²) in [5.41, 5.74) is 2.58. The molecule has 1 saturated heterocycles. The maximum Gasteiger partial charge on any atom is 0.338 e. The van der Waals surface area contributed by atoms with Crippen molar-refractivity contribution >= 4 is 34.7 Å². The van der Waals surface area contributed by atoms with E-state index in [-0.39, 0.29) is 34.8 Å². The first-order valence-electron chi connectivity index (χ1n) is 12.9. The zero-order valence-electron chi connectivity index (χ0n) is 22.5. The number of methoxy groups -OCH3 is 1. The SMILES string of the molecule is CCc1c(C2COCC(C)N2CC2=C(C(=O)OC)[C@H](c3ccc(F)cc3Cl)N=C(c3nccs3)N2)c(=O)[nH]n1C. The Labute approximate surface area is 239 Å². The predicted molar refractivity (Wildman–Crippen MR) is 150 cm³/mol. The molecule has 0 spiro atoms. The summed E-state index contributed by atoms with van der Waals surface area (Å²) in [4.78, 5) is 37.8. The van der Waals surface area contributed by atoms with Gasteiger partial charge in [0.1, 0.15) is 11.9 Å². The number of nitrogens with zero attached hydrogens (tertiary/aromatic N) is 4. The standard InChI is InChI=1S/C27H30ClFN6O4S/c1-5-19-22(25(36)33-34(19)3)20-13-39-12-14(2)35(20)11-18-21(27(37)38-4)23(16-7-6-15(29)10-17(16)28)32-24(31-18)26-30-8-9-40-26/h6-10,14,20,23H,5,11-13H2,1-4H3,(H,31,32)(H,33,36)/t14?,20?,23-/m0/s1. The molecule has 0 radical (unpaired) electrons. The molecule has 3 atom stereocenters. The average Bonchev–Trinajstić information content (AvgIpc) is 3.56. The molecule has 0 saturated carbocycles. The van der Waals surface area contributed by atoms with Crippen LogP contribution in [0.4, 0.5) is 4.39 Å². The van der Waals surface area contributed by atoms with Crippen molar-refractivity contribution in [2.24, 2.45) is 12.0 Å². The molecule has 3 aromatic rings. The van der Waals surface area contributed by atoms with Gasteiger partial charge in [-0.15, -0.1) is 11.3 Å². The van der Waals surface area contributed by atoms with Crippen LogP contribution in [0.25, 0.3) is 0 Å². The third kappa shape index (κ3) is 5.24. The van der Waals surface area contributed by atoms with Crippen molar-refractivity contribution in [1.82, 2.24) is 25.0 Å². The van der Waals surface area contributed by atoms with E-state index in [4.69, 9.17) is 26.1 Å². The second-order valence-electron chi connectivity index (χ2n) is 9.68. The minimum atomic E-state index is -0.878. The number of aromatic amines is 1. The Morgan fingerprint density at radius 3 is 2.83 bits per heavy atom. The summed E-state index contributed by atoms with van der Waals surface area (Å²) in [6.45, 7) is 5.02. The van der Waals surface area contributed by atoms with Crippen LogP contribution in [0, 0.1) is 5.82 Å². The molecule has 212 valence electrons. The van der Waals surface area contributed by atoms with Crippen LogP contribution in [0.3, 0.4) is 0 Å². The van der Waals surface area contributed by atoms with Crippen LogP contribution in [-0.2, 0) is 27.7 Å². The Balaban J connectivity index is 1.65. The van der Waals surface area contributed by atoms with Crippen LogP contribution in [0.15, 0.2) is 50.8 Å². The number of aryl methyl sites for hydroxylation is 1. The minimum absolute atomic E-state index is 0.0914. The number of esters is 1. The highest BCUT2D eigenvalue weighted by molar-refractivity contribution is 7.11. The van der Waals surface area contributed by atoms with Crippen molar-refractivity contribution in [1.29, 1.82) is 0 Å². The number of aliphatic imine (C=N–C) groups is 1. The van der Waals surface area contributed by atoms with Gasteiger partial charge in [-0.25, -0.2) is 14.2 Å². The van der Waals surface area contributed by atoms with Crippen molar-refractivity contribution in [3.05, 3.63) is 84.1 Å². The summed E-state index contributed by atoms with van der Waals surface area (Å²) in [6.07, 6.45) is 2.32. The number of hydrogen-bond acceptors (Lipinski definition) is 9. The lowest BCUT2D eigenvalue weighted by atomic mass is 9.94. The van der Waals surface area contributed by atoms with Crippen LogP contribution in [0.1, 0.15) is 47.8 Å². The first-order valence-corrected chi connectivity index (χ1v) is 14.1. The first-order chi connectivity index (χ1) is 19.2. The van der Waals surface area contributed by atoms with E-state index in [9.17, 15) is 14.0 Å². The molecular formula is C27H30ClFN6O4S. The number of amidine groups is 1. The first kappa shape index (κ1) is 28.2. The average molecular weight is 589 g/mol. The van der Waals surface area contributed by atoms with Gasteiger partial charge in [0.05, 0.1) is 37.5 Å². The highest BCUT2D eigenvalue weighted by Gasteiger charge is 2.39. The van der Waals surface area contributed by atoms with Gasteiger partial charge < -0.3 is 14.8 Å². The number of halogens is 2. The van der Waals surface area contributed by atoms with E-state index in [2.05, 4.69) is 20.3 Å². The minimum Gasteiger partial charge on any atom is -0.466 e. The fraction of sp³-hybridized carbons (Fsp3) is 0.407. The molecule has 1 fully saturated rings. The molecule has 0 amide bonds. The van der Waals surface area contributed by atoms with Gasteiger partial charge in [0.15, 0.2) is 10.8 Å². The third-order valence-electron chi connectivity index (χ3n) is 7.26. The Morgan fingerprint density at radius 1 is 1.35 bits per heavy atom. The van der Waals surface area contributed by atoms with Crippen LogP contribution < -0.4 is 10.9 Å². The van der Waals surface area contributed by atoms with E-state index >= 15 is 0 Å². The maximum atomic E-state index is 14.0. The summed E-state index contributed by atoms with van der Waals surface area (Å²) in [7, 11) is 3.11. The van der Waals surface area contributed by atoms with E-state index in [1.165, 1.54) is 36.6 Å². The Morgan fingerprint density at radius 2 is 2.15 bits per heavy atom. The third-order valence-corrected chi connectivity index (χ3v) is 8.37. The van der Waals surface area contributed by atoms with E-state index in [0.29, 0.717) is 47.3 Å². The number of benzene rings is 1. The van der Waals surface area contributed by atoms with Crippen LogP contribution >= 0.6 is 22.9 Å². The van der Waals surface area contributed by atoms with Gasteiger partial charge in [-0.1, -0.05) is 24.6 Å². The fourth-order valence-electron chi connectivity index (χ4n) is 5.38. The number of nitrogens with one attached hydrogen (secondary N) is 2. The predicted octanol–water partition coefficient (Wildman–Crippen LogP) is 3.51. The van der Waals surface area contributed by atoms with Crippen molar-refractivity contribution < 1.29 is 18.7 Å². The molecule has 5 rings (SSSR count). The number of hydrogen-bond donors (Lipinski definition) is 2. The quantitative estimate of drug-likeness (QED) is 0.406. The normalized spacial score (nSPS) is 21.8.